The third-order valence-electron chi connectivity index (χ3n) is 2.42. The molecule has 0 aliphatic carbocycles. The lowest BCUT2D eigenvalue weighted by molar-refractivity contribution is 0.604. The van der Waals surface area contributed by atoms with Gasteiger partial charge in [0, 0.05) is 25.2 Å². The summed E-state index contributed by atoms with van der Waals surface area (Å²) in [5.41, 5.74) is -0.876. The maximum absolute atomic E-state index is 11.8. The third kappa shape index (κ3) is 2.33. The molecule has 18 heavy (non-hydrogen) atoms. The van der Waals surface area contributed by atoms with Gasteiger partial charge in [0.05, 0.1) is 11.6 Å². The predicted octanol–water partition coefficient (Wildman–Crippen LogP) is -0.144. The molecule has 96 valence electrons. The number of nitrogens with one attached hydrogen (secondary N) is 1. The van der Waals surface area contributed by atoms with Crippen molar-refractivity contribution >= 4 is 17.2 Å². The van der Waals surface area contributed by atoms with Gasteiger partial charge in [-0.1, -0.05) is 0 Å². The minimum Gasteiger partial charge on any atom is -0.359 e. The molecule has 0 aliphatic heterocycles. The molecule has 8 heteroatoms. The van der Waals surface area contributed by atoms with Gasteiger partial charge in [-0.05, 0) is 6.92 Å². The van der Waals surface area contributed by atoms with Crippen LogP contribution in [0.5, 0.6) is 0 Å². The van der Waals surface area contributed by atoms with E-state index in [4.69, 9.17) is 0 Å². The van der Waals surface area contributed by atoms with Crippen LogP contribution in [0.25, 0.3) is 0 Å². The second kappa shape index (κ2) is 4.73. The van der Waals surface area contributed by atoms with Crippen molar-refractivity contribution in [3.8, 4) is 0 Å². The summed E-state index contributed by atoms with van der Waals surface area (Å²) in [7, 11) is 2.93. The molecular weight excluding hydrogens is 254 g/mol. The number of aryl methyl sites for hydroxylation is 2. The Kier molecular flexibility index (Phi) is 3.28. The molecule has 1 N–H and O–H groups in total. The SMILES string of the molecule is Cc1ncc(CNc2nn(C)c(=O)n(C)c2=O)s1. The Balaban J connectivity index is 2.25. The van der Waals surface area contributed by atoms with Gasteiger partial charge in [0.2, 0.25) is 5.82 Å². The molecule has 2 heterocycles. The standard InChI is InChI=1S/C10H13N5O2S/c1-6-11-4-7(18-6)5-12-8-9(16)14(2)10(17)15(3)13-8/h4H,5H2,1-3H3,(H,12,13). The Morgan fingerprint density at radius 2 is 2.11 bits per heavy atom. The fraction of sp³-hybridized carbons (Fsp3) is 0.400. The zero-order chi connectivity index (χ0) is 13.3. The highest BCUT2D eigenvalue weighted by molar-refractivity contribution is 7.11. The smallest absolute Gasteiger partial charge is 0.346 e. The van der Waals surface area contributed by atoms with Crippen LogP contribution in [0.1, 0.15) is 9.88 Å². The van der Waals surface area contributed by atoms with Crippen LogP contribution in [0.4, 0.5) is 5.82 Å². The van der Waals surface area contributed by atoms with Gasteiger partial charge in [-0.25, -0.2) is 14.5 Å². The number of thiazole rings is 1. The van der Waals surface area contributed by atoms with E-state index in [0.717, 1.165) is 19.1 Å². The molecular formula is C10H13N5O2S. The highest BCUT2D eigenvalue weighted by Crippen LogP contribution is 2.11. The summed E-state index contributed by atoms with van der Waals surface area (Å²) < 4.78 is 2.15. The van der Waals surface area contributed by atoms with Crippen LogP contribution in [-0.2, 0) is 20.6 Å². The molecule has 0 fully saturated rings. The first kappa shape index (κ1) is 12.5. The Morgan fingerprint density at radius 3 is 2.72 bits per heavy atom. The Labute approximate surface area is 107 Å². The maximum atomic E-state index is 11.8. The van der Waals surface area contributed by atoms with E-state index in [2.05, 4.69) is 15.4 Å². The highest BCUT2D eigenvalue weighted by Gasteiger charge is 2.08. The lowest BCUT2D eigenvalue weighted by atomic mass is 10.5. The van der Waals surface area contributed by atoms with Gasteiger partial charge < -0.3 is 5.32 Å². The molecule has 7 nitrogen and oxygen atoms in total. The van der Waals surface area contributed by atoms with Crippen molar-refractivity contribution in [3.05, 3.63) is 36.9 Å². The minimum absolute atomic E-state index is 0.158. The van der Waals surface area contributed by atoms with E-state index in [9.17, 15) is 9.59 Å². The second-order valence-electron chi connectivity index (χ2n) is 3.82. The summed E-state index contributed by atoms with van der Waals surface area (Å²) in [4.78, 5) is 28.4. The van der Waals surface area contributed by atoms with Crippen molar-refractivity contribution in [2.75, 3.05) is 5.32 Å². The van der Waals surface area contributed by atoms with E-state index in [1.54, 1.807) is 17.5 Å². The van der Waals surface area contributed by atoms with Gasteiger partial charge in [0.15, 0.2) is 0 Å². The van der Waals surface area contributed by atoms with Gasteiger partial charge in [-0.2, -0.15) is 0 Å². The zero-order valence-corrected chi connectivity index (χ0v) is 11.1. The molecule has 0 saturated heterocycles. The molecule has 2 aromatic rings. The van der Waals surface area contributed by atoms with Crippen molar-refractivity contribution in [3.63, 3.8) is 0 Å². The molecule has 0 unspecified atom stereocenters. The number of hydrogen-bond acceptors (Lipinski definition) is 6. The first-order chi connectivity index (χ1) is 8.49. The maximum Gasteiger partial charge on any atom is 0.346 e. The van der Waals surface area contributed by atoms with Gasteiger partial charge in [0.25, 0.3) is 5.56 Å². The first-order valence-corrected chi connectivity index (χ1v) is 6.10. The fourth-order valence-electron chi connectivity index (χ4n) is 1.47. The van der Waals surface area contributed by atoms with Crippen molar-refractivity contribution < 1.29 is 0 Å². The van der Waals surface area contributed by atoms with Crippen LogP contribution in [0, 0.1) is 6.92 Å². The van der Waals surface area contributed by atoms with Crippen LogP contribution in [-0.4, -0.2) is 19.3 Å². The quantitative estimate of drug-likeness (QED) is 0.836. The molecule has 0 radical (unpaired) electrons. The summed E-state index contributed by atoms with van der Waals surface area (Å²) in [5, 5.41) is 7.78. The van der Waals surface area contributed by atoms with E-state index < -0.39 is 11.2 Å². The normalized spacial score (nSPS) is 10.6. The molecule has 0 bridgehead atoms. The summed E-state index contributed by atoms with van der Waals surface area (Å²) in [6.07, 6.45) is 1.75. The van der Waals surface area contributed by atoms with Crippen LogP contribution in [0.2, 0.25) is 0 Å². The van der Waals surface area contributed by atoms with E-state index in [-0.39, 0.29) is 5.82 Å². The molecule has 0 saturated carbocycles. The number of hydrogen-bond donors (Lipinski definition) is 1. The van der Waals surface area contributed by atoms with E-state index >= 15 is 0 Å². The van der Waals surface area contributed by atoms with Gasteiger partial charge in [-0.15, -0.1) is 16.4 Å². The third-order valence-corrected chi connectivity index (χ3v) is 3.33. The monoisotopic (exact) mass is 267 g/mol. The zero-order valence-electron chi connectivity index (χ0n) is 10.3. The molecule has 0 aromatic carbocycles. The molecule has 0 spiro atoms. The fourth-order valence-corrected chi connectivity index (χ4v) is 2.20. The largest absolute Gasteiger partial charge is 0.359 e. The number of aromatic nitrogens is 4. The highest BCUT2D eigenvalue weighted by atomic mass is 32.1. The lowest BCUT2D eigenvalue weighted by Gasteiger charge is -2.06. The molecule has 0 amide bonds. The summed E-state index contributed by atoms with van der Waals surface area (Å²) in [5.74, 6) is 0.158. The first-order valence-electron chi connectivity index (χ1n) is 5.28. The van der Waals surface area contributed by atoms with Crippen molar-refractivity contribution in [1.29, 1.82) is 0 Å². The molecule has 0 atom stereocenters. The van der Waals surface area contributed by atoms with Crippen molar-refractivity contribution in [2.24, 2.45) is 14.1 Å². The topological polar surface area (TPSA) is 81.8 Å². The summed E-state index contributed by atoms with van der Waals surface area (Å²) in [6.45, 7) is 2.38. The predicted molar refractivity (Wildman–Crippen MR) is 68.9 cm³/mol. The number of nitrogens with zero attached hydrogens (tertiary/aromatic N) is 4. The molecule has 2 aromatic heterocycles. The van der Waals surface area contributed by atoms with Crippen LogP contribution in [0.15, 0.2) is 15.8 Å². The average molecular weight is 267 g/mol. The average Bonchev–Trinajstić information content (AvgIpc) is 2.75. The van der Waals surface area contributed by atoms with Crippen LogP contribution >= 0.6 is 11.3 Å². The van der Waals surface area contributed by atoms with Crippen LogP contribution < -0.4 is 16.6 Å². The summed E-state index contributed by atoms with van der Waals surface area (Å²) >= 11 is 1.55. The molecule has 2 rings (SSSR count). The number of anilines is 1. The van der Waals surface area contributed by atoms with Gasteiger partial charge in [-0.3, -0.25) is 9.36 Å². The summed E-state index contributed by atoms with van der Waals surface area (Å²) in [6, 6.07) is 0. The Bertz CT molecular complexity index is 684. The minimum atomic E-state index is -0.445. The van der Waals surface area contributed by atoms with Crippen molar-refractivity contribution in [1.82, 2.24) is 19.3 Å². The van der Waals surface area contributed by atoms with Crippen molar-refractivity contribution in [2.45, 2.75) is 13.5 Å². The molecule has 0 aliphatic rings. The Morgan fingerprint density at radius 1 is 1.39 bits per heavy atom. The van der Waals surface area contributed by atoms with E-state index in [1.807, 2.05) is 6.92 Å². The van der Waals surface area contributed by atoms with E-state index in [0.29, 0.717) is 6.54 Å². The Hall–Kier alpha value is -1.96. The lowest BCUT2D eigenvalue weighted by Crippen LogP contribution is -2.39. The number of rotatable bonds is 3. The van der Waals surface area contributed by atoms with Gasteiger partial charge >= 0.3 is 5.69 Å². The van der Waals surface area contributed by atoms with E-state index in [1.165, 1.54) is 14.1 Å². The van der Waals surface area contributed by atoms with Gasteiger partial charge in [0.1, 0.15) is 0 Å². The van der Waals surface area contributed by atoms with Crippen LogP contribution in [0.3, 0.4) is 0 Å². The second-order valence-corrected chi connectivity index (χ2v) is 5.14.